The third-order valence-corrected chi connectivity index (χ3v) is 6.12. The van der Waals surface area contributed by atoms with Crippen molar-refractivity contribution in [3.63, 3.8) is 0 Å². The fraction of sp³-hybridized carbons (Fsp3) is 0.333. The van der Waals surface area contributed by atoms with E-state index >= 15 is 0 Å². The lowest BCUT2D eigenvalue weighted by Gasteiger charge is -2.39. The Kier molecular flexibility index (Phi) is 6.70. The SMILES string of the molecule is CCN(CC)CCOc1ccc(N2c3ccccc3CCC2c2ccccc2)cc1. The normalized spacial score (nSPS) is 15.8. The molecular weight excluding hydrogens is 368 g/mol. The van der Waals surface area contributed by atoms with Gasteiger partial charge in [-0.05, 0) is 67.4 Å². The minimum absolute atomic E-state index is 0.343. The summed E-state index contributed by atoms with van der Waals surface area (Å²) in [6.45, 7) is 8.20. The van der Waals surface area contributed by atoms with Crippen molar-refractivity contribution < 1.29 is 4.74 Å². The number of benzene rings is 3. The fourth-order valence-corrected chi connectivity index (χ4v) is 4.39. The standard InChI is InChI=1S/C27H32N2O/c1-3-28(4-2)20-21-30-25-17-15-24(16-18-25)29-26-13-9-8-12-23(26)14-19-27(29)22-10-6-5-7-11-22/h5-13,15-18,27H,3-4,14,19-21H2,1-2H3. The van der Waals surface area contributed by atoms with Crippen LogP contribution in [-0.4, -0.2) is 31.1 Å². The number of hydrogen-bond acceptors (Lipinski definition) is 3. The van der Waals surface area contributed by atoms with E-state index in [2.05, 4.69) is 103 Å². The first-order chi connectivity index (χ1) is 14.8. The van der Waals surface area contributed by atoms with Gasteiger partial charge in [0.15, 0.2) is 0 Å². The predicted molar refractivity (Wildman–Crippen MR) is 126 cm³/mol. The highest BCUT2D eigenvalue weighted by molar-refractivity contribution is 5.70. The number of anilines is 2. The van der Waals surface area contributed by atoms with Crippen LogP contribution in [0.15, 0.2) is 78.9 Å². The van der Waals surface area contributed by atoms with Crippen LogP contribution in [0.3, 0.4) is 0 Å². The molecular formula is C27H32N2O. The van der Waals surface area contributed by atoms with E-state index in [0.717, 1.165) is 44.8 Å². The van der Waals surface area contributed by atoms with Gasteiger partial charge in [0.05, 0.1) is 6.04 Å². The van der Waals surface area contributed by atoms with Gasteiger partial charge in [-0.2, -0.15) is 0 Å². The summed E-state index contributed by atoms with van der Waals surface area (Å²) >= 11 is 0. The molecule has 0 bridgehead atoms. The summed E-state index contributed by atoms with van der Waals surface area (Å²) in [4.78, 5) is 4.87. The fourth-order valence-electron chi connectivity index (χ4n) is 4.39. The molecule has 1 heterocycles. The molecule has 0 spiro atoms. The molecule has 0 fully saturated rings. The van der Waals surface area contributed by atoms with E-state index in [-0.39, 0.29) is 0 Å². The molecule has 0 N–H and O–H groups in total. The topological polar surface area (TPSA) is 15.7 Å². The summed E-state index contributed by atoms with van der Waals surface area (Å²) in [6.07, 6.45) is 2.22. The van der Waals surface area contributed by atoms with Crippen molar-refractivity contribution in [2.45, 2.75) is 32.7 Å². The Labute approximate surface area is 180 Å². The highest BCUT2D eigenvalue weighted by Crippen LogP contribution is 2.43. The average Bonchev–Trinajstić information content (AvgIpc) is 2.82. The van der Waals surface area contributed by atoms with E-state index in [1.807, 2.05) is 0 Å². The quantitative estimate of drug-likeness (QED) is 0.445. The van der Waals surface area contributed by atoms with Crippen molar-refractivity contribution in [2.24, 2.45) is 0 Å². The largest absolute Gasteiger partial charge is 0.492 e. The molecule has 30 heavy (non-hydrogen) atoms. The van der Waals surface area contributed by atoms with Crippen LogP contribution in [0.25, 0.3) is 0 Å². The van der Waals surface area contributed by atoms with Crippen LogP contribution in [0.1, 0.15) is 37.4 Å². The molecule has 1 atom stereocenters. The number of para-hydroxylation sites is 1. The summed E-state index contributed by atoms with van der Waals surface area (Å²) in [5, 5.41) is 0. The molecule has 1 unspecified atom stereocenters. The van der Waals surface area contributed by atoms with Gasteiger partial charge < -0.3 is 14.5 Å². The lowest BCUT2D eigenvalue weighted by Crippen LogP contribution is -2.29. The Bertz CT molecular complexity index is 919. The molecule has 3 nitrogen and oxygen atoms in total. The van der Waals surface area contributed by atoms with Crippen LogP contribution in [0.5, 0.6) is 5.75 Å². The number of fused-ring (bicyclic) bond motifs is 1. The van der Waals surface area contributed by atoms with Gasteiger partial charge in [-0.1, -0.05) is 62.4 Å². The molecule has 3 aromatic rings. The Morgan fingerprint density at radius 1 is 0.867 bits per heavy atom. The Morgan fingerprint density at radius 2 is 1.57 bits per heavy atom. The van der Waals surface area contributed by atoms with E-state index in [1.54, 1.807) is 0 Å². The summed E-state index contributed by atoms with van der Waals surface area (Å²) in [5.41, 5.74) is 5.32. The number of likely N-dealkylation sites (N-methyl/N-ethyl adjacent to an activating group) is 1. The molecule has 0 saturated heterocycles. The van der Waals surface area contributed by atoms with E-state index < -0.39 is 0 Å². The van der Waals surface area contributed by atoms with Crippen LogP contribution in [0.4, 0.5) is 11.4 Å². The second-order valence-corrected chi connectivity index (χ2v) is 7.83. The Hall–Kier alpha value is -2.78. The first kappa shape index (κ1) is 20.5. The van der Waals surface area contributed by atoms with Gasteiger partial charge in [-0.25, -0.2) is 0 Å². The summed E-state index contributed by atoms with van der Waals surface area (Å²) in [7, 11) is 0. The predicted octanol–water partition coefficient (Wildman–Crippen LogP) is 6.23. The van der Waals surface area contributed by atoms with Gasteiger partial charge in [0.25, 0.3) is 0 Å². The van der Waals surface area contributed by atoms with Gasteiger partial charge in [0, 0.05) is 17.9 Å². The van der Waals surface area contributed by atoms with E-state index in [0.29, 0.717) is 6.04 Å². The lowest BCUT2D eigenvalue weighted by molar-refractivity contribution is 0.223. The maximum Gasteiger partial charge on any atom is 0.119 e. The van der Waals surface area contributed by atoms with Crippen molar-refractivity contribution in [1.82, 2.24) is 4.90 Å². The highest BCUT2D eigenvalue weighted by atomic mass is 16.5. The average molecular weight is 401 g/mol. The molecule has 0 radical (unpaired) electrons. The van der Waals surface area contributed by atoms with Crippen LogP contribution < -0.4 is 9.64 Å². The first-order valence-corrected chi connectivity index (χ1v) is 11.2. The Balaban J connectivity index is 1.56. The number of hydrogen-bond donors (Lipinski definition) is 0. The molecule has 0 aromatic heterocycles. The van der Waals surface area contributed by atoms with Crippen molar-refractivity contribution in [2.75, 3.05) is 31.1 Å². The summed E-state index contributed by atoms with van der Waals surface area (Å²) < 4.78 is 6.00. The molecule has 0 amide bonds. The monoisotopic (exact) mass is 400 g/mol. The molecule has 1 aliphatic heterocycles. The number of rotatable bonds is 8. The smallest absolute Gasteiger partial charge is 0.119 e. The maximum absolute atomic E-state index is 6.00. The maximum atomic E-state index is 6.00. The summed E-state index contributed by atoms with van der Waals surface area (Å²) in [6, 6.07) is 28.6. The second-order valence-electron chi connectivity index (χ2n) is 7.83. The molecule has 0 aliphatic carbocycles. The second kappa shape index (κ2) is 9.82. The van der Waals surface area contributed by atoms with Crippen LogP contribution >= 0.6 is 0 Å². The third-order valence-electron chi connectivity index (χ3n) is 6.12. The van der Waals surface area contributed by atoms with Crippen molar-refractivity contribution >= 4 is 11.4 Å². The molecule has 3 aromatic carbocycles. The minimum Gasteiger partial charge on any atom is -0.492 e. The van der Waals surface area contributed by atoms with Crippen LogP contribution in [-0.2, 0) is 6.42 Å². The molecule has 4 rings (SSSR count). The van der Waals surface area contributed by atoms with E-state index in [4.69, 9.17) is 4.74 Å². The van der Waals surface area contributed by atoms with Gasteiger partial charge in [0.2, 0.25) is 0 Å². The zero-order chi connectivity index (χ0) is 20.8. The molecule has 1 aliphatic rings. The van der Waals surface area contributed by atoms with Gasteiger partial charge in [-0.3, -0.25) is 0 Å². The van der Waals surface area contributed by atoms with E-state index in [1.165, 1.54) is 22.5 Å². The first-order valence-electron chi connectivity index (χ1n) is 11.2. The number of aryl methyl sites for hydroxylation is 1. The lowest BCUT2D eigenvalue weighted by atomic mass is 9.90. The minimum atomic E-state index is 0.343. The number of ether oxygens (including phenoxy) is 1. The van der Waals surface area contributed by atoms with Crippen LogP contribution in [0, 0.1) is 0 Å². The number of nitrogens with zero attached hydrogens (tertiary/aromatic N) is 2. The summed E-state index contributed by atoms with van der Waals surface area (Å²) in [5.74, 6) is 0.937. The van der Waals surface area contributed by atoms with Crippen molar-refractivity contribution in [3.8, 4) is 5.75 Å². The molecule has 3 heteroatoms. The zero-order valence-electron chi connectivity index (χ0n) is 18.1. The molecule has 156 valence electrons. The molecule has 0 saturated carbocycles. The van der Waals surface area contributed by atoms with Crippen molar-refractivity contribution in [1.29, 1.82) is 0 Å². The zero-order valence-corrected chi connectivity index (χ0v) is 18.1. The van der Waals surface area contributed by atoms with Gasteiger partial charge in [0.1, 0.15) is 12.4 Å². The highest BCUT2D eigenvalue weighted by Gasteiger charge is 2.28. The van der Waals surface area contributed by atoms with Gasteiger partial charge in [-0.15, -0.1) is 0 Å². The van der Waals surface area contributed by atoms with E-state index in [9.17, 15) is 0 Å². The Morgan fingerprint density at radius 3 is 2.30 bits per heavy atom. The van der Waals surface area contributed by atoms with Crippen molar-refractivity contribution in [3.05, 3.63) is 90.0 Å². The third kappa shape index (κ3) is 4.52. The van der Waals surface area contributed by atoms with Gasteiger partial charge >= 0.3 is 0 Å². The van der Waals surface area contributed by atoms with Crippen LogP contribution in [0.2, 0.25) is 0 Å².